The summed E-state index contributed by atoms with van der Waals surface area (Å²) >= 11 is 0. The SMILES string of the molecule is CCC[C@@H]1OC(c2ccccc2)=Cc2ccccc21. The second-order valence-corrected chi connectivity index (χ2v) is 4.90. The van der Waals surface area contributed by atoms with Gasteiger partial charge in [-0.2, -0.15) is 0 Å². The molecule has 0 saturated heterocycles. The summed E-state index contributed by atoms with van der Waals surface area (Å²) in [5.41, 5.74) is 3.74. The highest BCUT2D eigenvalue weighted by atomic mass is 16.5. The van der Waals surface area contributed by atoms with Crippen LogP contribution in [0.15, 0.2) is 54.6 Å². The highest BCUT2D eigenvalue weighted by Crippen LogP contribution is 2.37. The molecular weight excluding hydrogens is 232 g/mol. The lowest BCUT2D eigenvalue weighted by molar-refractivity contribution is 0.156. The van der Waals surface area contributed by atoms with Gasteiger partial charge in [0.2, 0.25) is 0 Å². The Hall–Kier alpha value is -2.02. The number of hydrogen-bond acceptors (Lipinski definition) is 1. The van der Waals surface area contributed by atoms with Gasteiger partial charge in [-0.15, -0.1) is 0 Å². The van der Waals surface area contributed by atoms with Crippen LogP contribution in [0.5, 0.6) is 0 Å². The number of hydrogen-bond donors (Lipinski definition) is 0. The second-order valence-electron chi connectivity index (χ2n) is 4.90. The van der Waals surface area contributed by atoms with E-state index >= 15 is 0 Å². The molecule has 0 amide bonds. The summed E-state index contributed by atoms with van der Waals surface area (Å²) in [5, 5.41) is 0. The molecule has 2 aromatic carbocycles. The van der Waals surface area contributed by atoms with Crippen molar-refractivity contribution >= 4 is 11.8 Å². The lowest BCUT2D eigenvalue weighted by Crippen LogP contribution is -2.10. The van der Waals surface area contributed by atoms with Crippen LogP contribution in [0.4, 0.5) is 0 Å². The van der Waals surface area contributed by atoms with Crippen molar-refractivity contribution in [1.82, 2.24) is 0 Å². The van der Waals surface area contributed by atoms with Gasteiger partial charge in [0.1, 0.15) is 11.9 Å². The van der Waals surface area contributed by atoms with Crippen molar-refractivity contribution in [1.29, 1.82) is 0 Å². The molecule has 0 aromatic heterocycles. The van der Waals surface area contributed by atoms with E-state index in [4.69, 9.17) is 4.74 Å². The van der Waals surface area contributed by atoms with E-state index in [1.165, 1.54) is 11.1 Å². The minimum Gasteiger partial charge on any atom is -0.485 e. The lowest BCUT2D eigenvalue weighted by atomic mass is 9.95. The van der Waals surface area contributed by atoms with E-state index in [0.717, 1.165) is 24.2 Å². The Morgan fingerprint density at radius 1 is 0.947 bits per heavy atom. The molecule has 96 valence electrons. The van der Waals surface area contributed by atoms with Crippen LogP contribution in [-0.4, -0.2) is 0 Å². The largest absolute Gasteiger partial charge is 0.485 e. The van der Waals surface area contributed by atoms with E-state index in [1.54, 1.807) is 0 Å². The molecule has 1 nitrogen and oxygen atoms in total. The van der Waals surface area contributed by atoms with Crippen LogP contribution in [0, 0.1) is 0 Å². The van der Waals surface area contributed by atoms with Crippen molar-refractivity contribution in [3.63, 3.8) is 0 Å². The maximum absolute atomic E-state index is 6.20. The van der Waals surface area contributed by atoms with Gasteiger partial charge in [0, 0.05) is 5.56 Å². The topological polar surface area (TPSA) is 9.23 Å². The first-order chi connectivity index (χ1) is 9.38. The van der Waals surface area contributed by atoms with E-state index < -0.39 is 0 Å². The Morgan fingerprint density at radius 3 is 2.47 bits per heavy atom. The van der Waals surface area contributed by atoms with E-state index in [2.05, 4.69) is 61.5 Å². The zero-order chi connectivity index (χ0) is 13.1. The van der Waals surface area contributed by atoms with E-state index in [-0.39, 0.29) is 6.10 Å². The molecule has 1 heterocycles. The van der Waals surface area contributed by atoms with E-state index in [9.17, 15) is 0 Å². The average Bonchev–Trinajstić information content (AvgIpc) is 2.48. The van der Waals surface area contributed by atoms with Crippen molar-refractivity contribution in [3.8, 4) is 0 Å². The molecule has 0 fully saturated rings. The highest BCUT2D eigenvalue weighted by molar-refractivity contribution is 5.80. The van der Waals surface area contributed by atoms with Crippen LogP contribution < -0.4 is 0 Å². The molecule has 0 unspecified atom stereocenters. The minimum absolute atomic E-state index is 0.182. The molecule has 0 radical (unpaired) electrons. The Kier molecular flexibility index (Phi) is 3.37. The first-order valence-electron chi connectivity index (χ1n) is 6.91. The predicted molar refractivity (Wildman–Crippen MR) is 79.5 cm³/mol. The van der Waals surface area contributed by atoms with Gasteiger partial charge >= 0.3 is 0 Å². The zero-order valence-corrected chi connectivity index (χ0v) is 11.2. The third-order valence-corrected chi connectivity index (χ3v) is 3.51. The summed E-state index contributed by atoms with van der Waals surface area (Å²) < 4.78 is 6.20. The molecule has 1 heteroatoms. The maximum atomic E-state index is 6.20. The molecule has 0 bridgehead atoms. The van der Waals surface area contributed by atoms with Gasteiger partial charge in [-0.25, -0.2) is 0 Å². The van der Waals surface area contributed by atoms with Crippen molar-refractivity contribution < 1.29 is 4.74 Å². The molecule has 0 spiro atoms. The number of fused-ring (bicyclic) bond motifs is 1. The molecule has 1 aliphatic heterocycles. The number of benzene rings is 2. The van der Waals surface area contributed by atoms with Crippen LogP contribution in [0.1, 0.15) is 42.6 Å². The van der Waals surface area contributed by atoms with Crippen LogP contribution in [0.25, 0.3) is 11.8 Å². The third kappa shape index (κ3) is 2.41. The molecule has 19 heavy (non-hydrogen) atoms. The van der Waals surface area contributed by atoms with Gasteiger partial charge in [0.15, 0.2) is 0 Å². The molecule has 2 aromatic rings. The van der Waals surface area contributed by atoms with Gasteiger partial charge in [-0.3, -0.25) is 0 Å². The van der Waals surface area contributed by atoms with Crippen molar-refractivity contribution in [2.24, 2.45) is 0 Å². The third-order valence-electron chi connectivity index (χ3n) is 3.51. The Morgan fingerprint density at radius 2 is 1.68 bits per heavy atom. The monoisotopic (exact) mass is 250 g/mol. The first kappa shape index (κ1) is 12.0. The fourth-order valence-corrected chi connectivity index (χ4v) is 2.56. The van der Waals surface area contributed by atoms with Gasteiger partial charge < -0.3 is 4.74 Å². The van der Waals surface area contributed by atoms with Crippen LogP contribution in [0.2, 0.25) is 0 Å². The first-order valence-corrected chi connectivity index (χ1v) is 6.91. The smallest absolute Gasteiger partial charge is 0.128 e. The second kappa shape index (κ2) is 5.31. The molecule has 1 atom stereocenters. The van der Waals surface area contributed by atoms with Gasteiger partial charge in [0.05, 0.1) is 0 Å². The molecular formula is C18H18O. The predicted octanol–water partition coefficient (Wildman–Crippen LogP) is 5.06. The van der Waals surface area contributed by atoms with Crippen LogP contribution in [-0.2, 0) is 4.74 Å². The van der Waals surface area contributed by atoms with Gasteiger partial charge in [-0.05, 0) is 23.6 Å². The summed E-state index contributed by atoms with van der Waals surface area (Å²) in [6.45, 7) is 2.20. The standard InChI is InChI=1S/C18H18O/c1-2-8-17-16-12-7-6-11-15(16)13-18(19-17)14-9-4-3-5-10-14/h3-7,9-13,17H,2,8H2,1H3/t17-/m0/s1. The van der Waals surface area contributed by atoms with Crippen molar-refractivity contribution in [2.45, 2.75) is 25.9 Å². The zero-order valence-electron chi connectivity index (χ0n) is 11.2. The van der Waals surface area contributed by atoms with Crippen LogP contribution >= 0.6 is 0 Å². The van der Waals surface area contributed by atoms with Crippen molar-refractivity contribution in [2.75, 3.05) is 0 Å². The number of rotatable bonds is 3. The molecule has 0 N–H and O–H groups in total. The van der Waals surface area contributed by atoms with E-state index in [1.807, 2.05) is 6.07 Å². The van der Waals surface area contributed by atoms with Crippen molar-refractivity contribution in [3.05, 3.63) is 71.3 Å². The average molecular weight is 250 g/mol. The highest BCUT2D eigenvalue weighted by Gasteiger charge is 2.21. The Balaban J connectivity index is 2.03. The minimum atomic E-state index is 0.182. The maximum Gasteiger partial charge on any atom is 0.128 e. The summed E-state index contributed by atoms with van der Waals surface area (Å²) in [7, 11) is 0. The summed E-state index contributed by atoms with van der Waals surface area (Å²) in [5.74, 6) is 0.984. The van der Waals surface area contributed by atoms with Gasteiger partial charge in [-0.1, -0.05) is 67.9 Å². The molecule has 1 aliphatic rings. The number of ether oxygens (including phenoxy) is 1. The normalized spacial score (nSPS) is 17.3. The summed E-state index contributed by atoms with van der Waals surface area (Å²) in [6.07, 6.45) is 4.51. The lowest BCUT2D eigenvalue weighted by Gasteiger charge is -2.27. The quantitative estimate of drug-likeness (QED) is 0.740. The Bertz CT molecular complexity index is 584. The molecule has 0 aliphatic carbocycles. The summed E-state index contributed by atoms with van der Waals surface area (Å²) in [4.78, 5) is 0. The molecule has 0 saturated carbocycles. The summed E-state index contributed by atoms with van der Waals surface area (Å²) in [6, 6.07) is 18.9. The van der Waals surface area contributed by atoms with Gasteiger partial charge in [0.25, 0.3) is 0 Å². The van der Waals surface area contributed by atoms with E-state index in [0.29, 0.717) is 0 Å². The fraction of sp³-hybridized carbons (Fsp3) is 0.222. The van der Waals surface area contributed by atoms with Crippen LogP contribution in [0.3, 0.4) is 0 Å². The fourth-order valence-electron chi connectivity index (χ4n) is 2.56. The Labute approximate surface area is 114 Å². The molecule has 3 rings (SSSR count).